The van der Waals surface area contributed by atoms with E-state index in [1.165, 1.54) is 0 Å². The molecule has 2 aromatic rings. The zero-order valence-corrected chi connectivity index (χ0v) is 12.1. The molecule has 0 fully saturated rings. The second-order valence-electron chi connectivity index (χ2n) is 5.38. The van der Waals surface area contributed by atoms with Crippen LogP contribution in [0.2, 0.25) is 0 Å². The van der Waals surface area contributed by atoms with Crippen molar-refractivity contribution in [3.63, 3.8) is 0 Å². The fourth-order valence-electron chi connectivity index (χ4n) is 2.92. The van der Waals surface area contributed by atoms with Gasteiger partial charge in [0.15, 0.2) is 0 Å². The van der Waals surface area contributed by atoms with Gasteiger partial charge in [-0.3, -0.25) is 4.79 Å². The lowest BCUT2D eigenvalue weighted by Crippen LogP contribution is -2.30. The number of carbonyl (C=O) groups is 1. The summed E-state index contributed by atoms with van der Waals surface area (Å²) in [6.07, 6.45) is 1.94. The van der Waals surface area contributed by atoms with Crippen molar-refractivity contribution in [2.24, 2.45) is 5.73 Å². The highest BCUT2D eigenvalue weighted by Crippen LogP contribution is 2.36. The Kier molecular flexibility index (Phi) is 4.18. The smallest absolute Gasteiger partial charge is 0.258 e. The minimum absolute atomic E-state index is 0.128. The number of hydrogen-bond acceptors (Lipinski definition) is 3. The Labute approximate surface area is 124 Å². The van der Waals surface area contributed by atoms with Crippen LogP contribution >= 0.6 is 0 Å². The second kappa shape index (κ2) is 6.24. The Morgan fingerprint density at radius 3 is 2.62 bits per heavy atom. The molecule has 0 atom stereocenters. The maximum atomic E-state index is 12.5. The summed E-state index contributed by atoms with van der Waals surface area (Å²) in [4.78, 5) is 14.4. The summed E-state index contributed by atoms with van der Waals surface area (Å²) in [5.41, 5.74) is 7.34. The Morgan fingerprint density at radius 2 is 1.81 bits per heavy atom. The van der Waals surface area contributed by atoms with Crippen LogP contribution in [0.1, 0.15) is 23.2 Å². The van der Waals surface area contributed by atoms with Gasteiger partial charge < -0.3 is 16.0 Å². The molecule has 1 amide bonds. The van der Waals surface area contributed by atoms with E-state index in [1.807, 2.05) is 29.2 Å². The second-order valence-corrected chi connectivity index (χ2v) is 5.38. The average Bonchev–Trinajstić information content (AvgIpc) is 2.79. The quantitative estimate of drug-likeness (QED) is 0.765. The van der Waals surface area contributed by atoms with Gasteiger partial charge in [-0.2, -0.15) is 0 Å². The van der Waals surface area contributed by atoms with E-state index in [0.29, 0.717) is 0 Å². The highest BCUT2D eigenvalue weighted by atomic mass is 16.2. The van der Waals surface area contributed by atoms with Crippen molar-refractivity contribution >= 4 is 22.4 Å². The summed E-state index contributed by atoms with van der Waals surface area (Å²) in [7, 11) is 0. The number of rotatable bonds is 7. The van der Waals surface area contributed by atoms with Crippen LogP contribution in [0, 0.1) is 0 Å². The summed E-state index contributed by atoms with van der Waals surface area (Å²) in [6, 6.07) is 12.1. The van der Waals surface area contributed by atoms with Gasteiger partial charge >= 0.3 is 0 Å². The highest BCUT2D eigenvalue weighted by Gasteiger charge is 2.28. The van der Waals surface area contributed by atoms with Gasteiger partial charge in [-0.05, 0) is 50.0 Å². The first-order chi connectivity index (χ1) is 10.3. The van der Waals surface area contributed by atoms with Gasteiger partial charge in [0.25, 0.3) is 5.91 Å². The summed E-state index contributed by atoms with van der Waals surface area (Å²) in [6.45, 7) is 3.33. The van der Waals surface area contributed by atoms with Crippen LogP contribution < -0.4 is 16.0 Å². The molecule has 0 unspecified atom stereocenters. The van der Waals surface area contributed by atoms with E-state index in [2.05, 4.69) is 17.4 Å². The zero-order chi connectivity index (χ0) is 14.7. The SMILES string of the molecule is NCCCNCCCN1C(=O)c2cccc3cccc1c23. The molecular formula is C17H21N3O. The van der Waals surface area contributed by atoms with Gasteiger partial charge in [0.2, 0.25) is 0 Å². The van der Waals surface area contributed by atoms with Gasteiger partial charge in [-0.15, -0.1) is 0 Å². The van der Waals surface area contributed by atoms with Gasteiger partial charge in [-0.25, -0.2) is 0 Å². The molecule has 2 aromatic carbocycles. The van der Waals surface area contributed by atoms with Crippen molar-refractivity contribution in [1.29, 1.82) is 0 Å². The maximum absolute atomic E-state index is 12.5. The molecule has 1 heterocycles. The minimum atomic E-state index is 0.128. The van der Waals surface area contributed by atoms with Crippen molar-refractivity contribution in [3.8, 4) is 0 Å². The van der Waals surface area contributed by atoms with E-state index in [9.17, 15) is 4.79 Å². The van der Waals surface area contributed by atoms with Crippen LogP contribution in [0.4, 0.5) is 5.69 Å². The molecule has 0 bridgehead atoms. The lowest BCUT2D eigenvalue weighted by atomic mass is 10.1. The molecule has 3 rings (SSSR count). The predicted octanol–water partition coefficient (Wildman–Crippen LogP) is 2.13. The summed E-state index contributed by atoms with van der Waals surface area (Å²) in [5.74, 6) is 0.128. The van der Waals surface area contributed by atoms with E-state index in [4.69, 9.17) is 5.73 Å². The van der Waals surface area contributed by atoms with Crippen LogP contribution in [0.3, 0.4) is 0 Å². The van der Waals surface area contributed by atoms with Gasteiger partial charge in [-0.1, -0.05) is 24.3 Å². The predicted molar refractivity (Wildman–Crippen MR) is 86.8 cm³/mol. The van der Waals surface area contributed by atoms with E-state index in [0.717, 1.165) is 61.0 Å². The van der Waals surface area contributed by atoms with E-state index >= 15 is 0 Å². The Bertz CT molecular complexity index is 648. The van der Waals surface area contributed by atoms with Crippen LogP contribution in [-0.2, 0) is 0 Å². The van der Waals surface area contributed by atoms with Gasteiger partial charge in [0.1, 0.15) is 0 Å². The molecule has 0 radical (unpaired) electrons. The third kappa shape index (κ3) is 2.64. The molecule has 21 heavy (non-hydrogen) atoms. The molecular weight excluding hydrogens is 262 g/mol. The summed E-state index contributed by atoms with van der Waals surface area (Å²) in [5, 5.41) is 5.59. The first-order valence-corrected chi connectivity index (χ1v) is 7.57. The van der Waals surface area contributed by atoms with Crippen LogP contribution in [0.15, 0.2) is 36.4 Å². The Hall–Kier alpha value is -1.91. The monoisotopic (exact) mass is 283 g/mol. The number of anilines is 1. The lowest BCUT2D eigenvalue weighted by Gasteiger charge is -2.17. The minimum Gasteiger partial charge on any atom is -0.330 e. The van der Waals surface area contributed by atoms with Crippen LogP contribution in [-0.4, -0.2) is 32.1 Å². The lowest BCUT2D eigenvalue weighted by molar-refractivity contribution is 0.0993. The first-order valence-electron chi connectivity index (χ1n) is 7.57. The van der Waals surface area contributed by atoms with Crippen molar-refractivity contribution < 1.29 is 4.79 Å². The summed E-state index contributed by atoms with van der Waals surface area (Å²) < 4.78 is 0. The third-order valence-electron chi connectivity index (χ3n) is 3.94. The molecule has 1 aliphatic rings. The topological polar surface area (TPSA) is 58.4 Å². The molecule has 0 saturated heterocycles. The van der Waals surface area contributed by atoms with Crippen molar-refractivity contribution in [2.75, 3.05) is 31.1 Å². The van der Waals surface area contributed by atoms with Crippen molar-refractivity contribution in [3.05, 3.63) is 42.0 Å². The Morgan fingerprint density at radius 1 is 1.05 bits per heavy atom. The van der Waals surface area contributed by atoms with Crippen molar-refractivity contribution in [2.45, 2.75) is 12.8 Å². The fourth-order valence-corrected chi connectivity index (χ4v) is 2.92. The molecule has 110 valence electrons. The Balaban J connectivity index is 1.69. The number of nitrogens with one attached hydrogen (secondary N) is 1. The largest absolute Gasteiger partial charge is 0.330 e. The van der Waals surface area contributed by atoms with E-state index in [1.54, 1.807) is 0 Å². The standard InChI is InChI=1S/C17H21N3O/c18-9-3-10-19-11-4-12-20-15-8-2-6-13-5-1-7-14(16(13)15)17(20)21/h1-2,5-8,19H,3-4,9-12,18H2. The zero-order valence-electron chi connectivity index (χ0n) is 12.1. The van der Waals surface area contributed by atoms with E-state index in [-0.39, 0.29) is 5.91 Å². The molecule has 4 nitrogen and oxygen atoms in total. The van der Waals surface area contributed by atoms with Crippen LogP contribution in [0.5, 0.6) is 0 Å². The number of amides is 1. The van der Waals surface area contributed by atoms with Gasteiger partial charge in [0.05, 0.1) is 5.69 Å². The van der Waals surface area contributed by atoms with Gasteiger partial charge in [0, 0.05) is 17.5 Å². The third-order valence-corrected chi connectivity index (χ3v) is 3.94. The molecule has 0 spiro atoms. The normalized spacial score (nSPS) is 13.4. The molecule has 0 aliphatic carbocycles. The number of hydrogen-bond donors (Lipinski definition) is 2. The highest BCUT2D eigenvalue weighted by molar-refractivity contribution is 6.24. The van der Waals surface area contributed by atoms with Crippen LogP contribution in [0.25, 0.3) is 10.8 Å². The number of carbonyl (C=O) groups excluding carboxylic acids is 1. The number of nitrogens with two attached hydrogens (primary N) is 1. The molecule has 1 aliphatic heterocycles. The molecule has 4 heteroatoms. The molecule has 0 saturated carbocycles. The fraction of sp³-hybridized carbons (Fsp3) is 0.353. The number of benzene rings is 2. The molecule has 3 N–H and O–H groups in total. The maximum Gasteiger partial charge on any atom is 0.258 e. The number of nitrogens with zero attached hydrogens (tertiary/aromatic N) is 1. The molecule has 0 aromatic heterocycles. The average molecular weight is 283 g/mol. The van der Waals surface area contributed by atoms with Crippen molar-refractivity contribution in [1.82, 2.24) is 5.32 Å². The summed E-state index contributed by atoms with van der Waals surface area (Å²) >= 11 is 0. The first kappa shape index (κ1) is 14.0. The van der Waals surface area contributed by atoms with E-state index < -0.39 is 0 Å².